The Bertz CT molecular complexity index is 675. The molecule has 1 aromatic carbocycles. The van der Waals surface area contributed by atoms with Crippen molar-refractivity contribution in [1.82, 2.24) is 5.32 Å². The van der Waals surface area contributed by atoms with Gasteiger partial charge in [0, 0.05) is 18.3 Å². The minimum Gasteiger partial charge on any atom is -0.347 e. The average Bonchev–Trinajstić information content (AvgIpc) is 2.54. The Labute approximate surface area is 141 Å². The molecule has 2 aromatic rings. The molecule has 0 atom stereocenters. The second kappa shape index (κ2) is 9.38. The van der Waals surface area contributed by atoms with Gasteiger partial charge in [0.05, 0.1) is 0 Å². The topological polar surface area (TPSA) is 62.1 Å². The summed E-state index contributed by atoms with van der Waals surface area (Å²) in [6, 6.07) is 12.7. The highest BCUT2D eigenvalue weighted by molar-refractivity contribution is 6.03. The molecule has 0 bridgehead atoms. The number of carbonyl (C=O) groups is 2. The quantitative estimate of drug-likeness (QED) is 0.627. The van der Waals surface area contributed by atoms with E-state index in [1.54, 1.807) is 35.2 Å². The molecule has 1 heterocycles. The fraction of sp³-hybridized carbons (Fsp3) is 0.118. The number of para-hydroxylation sites is 1. The summed E-state index contributed by atoms with van der Waals surface area (Å²) in [5.41, 5.74) is 1.22. The summed E-state index contributed by atoms with van der Waals surface area (Å²) < 4.78 is 1.67. The molecule has 2 rings (SSSR count). The lowest BCUT2D eigenvalue weighted by Crippen LogP contribution is -2.43. The van der Waals surface area contributed by atoms with Gasteiger partial charge in [-0.2, -0.15) is 4.57 Å². The van der Waals surface area contributed by atoms with E-state index < -0.39 is 0 Å². The highest BCUT2D eigenvalue weighted by Gasteiger charge is 2.13. The maximum Gasteiger partial charge on any atom is 0.286 e. The van der Waals surface area contributed by atoms with Gasteiger partial charge in [-0.25, -0.2) is 0 Å². The Balaban J connectivity index is 0.00000264. The van der Waals surface area contributed by atoms with Gasteiger partial charge in [-0.05, 0) is 18.2 Å². The Morgan fingerprint density at radius 3 is 2.57 bits per heavy atom. The number of nitrogens with one attached hydrogen (secondary N) is 2. The Morgan fingerprint density at radius 1 is 1.13 bits per heavy atom. The van der Waals surface area contributed by atoms with E-state index in [2.05, 4.69) is 17.2 Å². The molecule has 0 aliphatic heterocycles. The third-order valence-electron chi connectivity index (χ3n) is 2.92. The molecular formula is C17H19ClN3O2+. The lowest BCUT2D eigenvalue weighted by atomic mass is 10.2. The van der Waals surface area contributed by atoms with Gasteiger partial charge in [-0.1, -0.05) is 24.3 Å². The first kappa shape index (κ1) is 18.4. The molecule has 2 amide bonds. The summed E-state index contributed by atoms with van der Waals surface area (Å²) >= 11 is 0. The largest absolute Gasteiger partial charge is 0.347 e. The minimum atomic E-state index is -0.216. The summed E-state index contributed by atoms with van der Waals surface area (Å²) in [7, 11) is 0. The van der Waals surface area contributed by atoms with Crippen LogP contribution in [0.1, 0.15) is 10.4 Å². The van der Waals surface area contributed by atoms with E-state index in [0.29, 0.717) is 12.1 Å². The van der Waals surface area contributed by atoms with Crippen LogP contribution in [-0.4, -0.2) is 18.4 Å². The highest BCUT2D eigenvalue weighted by atomic mass is 35.5. The van der Waals surface area contributed by atoms with Crippen molar-refractivity contribution in [2.24, 2.45) is 0 Å². The van der Waals surface area contributed by atoms with Crippen LogP contribution in [0.15, 0.2) is 67.5 Å². The van der Waals surface area contributed by atoms with E-state index in [-0.39, 0.29) is 30.8 Å². The zero-order valence-electron chi connectivity index (χ0n) is 12.6. The van der Waals surface area contributed by atoms with Crippen LogP contribution < -0.4 is 15.2 Å². The number of benzene rings is 1. The molecule has 2 N–H and O–H groups in total. The number of carbonyl (C=O) groups excluding carboxylic acids is 2. The van der Waals surface area contributed by atoms with Crippen LogP contribution in [0.2, 0.25) is 0 Å². The van der Waals surface area contributed by atoms with Gasteiger partial charge >= 0.3 is 0 Å². The van der Waals surface area contributed by atoms with Crippen LogP contribution in [0.5, 0.6) is 0 Å². The van der Waals surface area contributed by atoms with Gasteiger partial charge in [0.1, 0.15) is 5.56 Å². The van der Waals surface area contributed by atoms with Crippen molar-refractivity contribution in [2.45, 2.75) is 6.54 Å². The molecule has 0 unspecified atom stereocenters. The summed E-state index contributed by atoms with van der Waals surface area (Å²) in [5.74, 6) is -0.349. The van der Waals surface area contributed by atoms with E-state index in [0.717, 1.165) is 5.69 Å². The van der Waals surface area contributed by atoms with Gasteiger partial charge in [-0.15, -0.1) is 19.0 Å². The van der Waals surface area contributed by atoms with Crippen LogP contribution >= 0.6 is 12.4 Å². The summed E-state index contributed by atoms with van der Waals surface area (Å²) in [6.07, 6.45) is 5.00. The maximum absolute atomic E-state index is 12.2. The monoisotopic (exact) mass is 332 g/mol. The number of halogens is 1. The molecule has 5 nitrogen and oxygen atoms in total. The Morgan fingerprint density at radius 2 is 1.87 bits per heavy atom. The molecule has 0 aliphatic carbocycles. The van der Waals surface area contributed by atoms with Crippen molar-refractivity contribution in [3.8, 4) is 0 Å². The molecule has 0 fully saturated rings. The number of hydrogen-bond donors (Lipinski definition) is 2. The second-order valence-corrected chi connectivity index (χ2v) is 4.68. The van der Waals surface area contributed by atoms with Crippen LogP contribution in [0, 0.1) is 0 Å². The van der Waals surface area contributed by atoms with Gasteiger partial charge in [0.15, 0.2) is 12.4 Å². The first-order chi connectivity index (χ1) is 10.7. The maximum atomic E-state index is 12.2. The zero-order valence-corrected chi connectivity index (χ0v) is 13.4. The lowest BCUT2D eigenvalue weighted by molar-refractivity contribution is -0.684. The number of amides is 2. The van der Waals surface area contributed by atoms with Crippen molar-refractivity contribution < 1.29 is 14.2 Å². The fourth-order valence-corrected chi connectivity index (χ4v) is 1.89. The average molecular weight is 333 g/mol. The number of anilines is 1. The predicted octanol–water partition coefficient (Wildman–Crippen LogP) is 1.95. The zero-order chi connectivity index (χ0) is 15.8. The van der Waals surface area contributed by atoms with Crippen molar-refractivity contribution >= 4 is 29.9 Å². The third kappa shape index (κ3) is 5.92. The number of pyridine rings is 1. The van der Waals surface area contributed by atoms with Crippen molar-refractivity contribution in [1.29, 1.82) is 0 Å². The summed E-state index contributed by atoms with van der Waals surface area (Å²) in [4.78, 5) is 23.8. The van der Waals surface area contributed by atoms with Gasteiger partial charge in [0.2, 0.25) is 6.54 Å². The molecule has 0 spiro atoms. The van der Waals surface area contributed by atoms with Crippen molar-refractivity contribution in [2.75, 3.05) is 11.9 Å². The van der Waals surface area contributed by atoms with Gasteiger partial charge in [0.25, 0.3) is 11.8 Å². The smallest absolute Gasteiger partial charge is 0.286 e. The predicted molar refractivity (Wildman–Crippen MR) is 91.5 cm³/mol. The number of rotatable bonds is 6. The molecule has 0 saturated heterocycles. The van der Waals surface area contributed by atoms with Crippen molar-refractivity contribution in [3.05, 3.63) is 73.1 Å². The van der Waals surface area contributed by atoms with E-state index in [4.69, 9.17) is 0 Å². The van der Waals surface area contributed by atoms with Gasteiger partial charge in [-0.3, -0.25) is 9.59 Å². The Kier molecular flexibility index (Phi) is 7.50. The standard InChI is InChI=1S/C17H17N3O2.ClH/c1-2-10-18-16(21)13-20-11-6-7-14(12-20)17(22)19-15-8-4-3-5-9-15;/h2-9,11-12H,1,10,13H2,(H-,18,19,21,22);1H/p+1. The molecule has 0 radical (unpaired) electrons. The normalized spacial score (nSPS) is 9.39. The van der Waals surface area contributed by atoms with Crippen LogP contribution in [0.3, 0.4) is 0 Å². The molecule has 0 saturated carbocycles. The molecular weight excluding hydrogens is 314 g/mol. The van der Waals surface area contributed by atoms with Gasteiger partial charge < -0.3 is 10.6 Å². The highest BCUT2D eigenvalue weighted by Crippen LogP contribution is 2.07. The van der Waals surface area contributed by atoms with E-state index in [9.17, 15) is 9.59 Å². The molecule has 6 heteroatoms. The SMILES string of the molecule is C=CCNC(=O)C[n+]1cccc(C(=O)Nc2ccccc2)c1.Cl. The molecule has 1 aromatic heterocycles. The number of aromatic nitrogens is 1. The number of hydrogen-bond acceptors (Lipinski definition) is 2. The van der Waals surface area contributed by atoms with Crippen molar-refractivity contribution in [3.63, 3.8) is 0 Å². The van der Waals surface area contributed by atoms with Crippen LogP contribution in [-0.2, 0) is 11.3 Å². The van der Waals surface area contributed by atoms with E-state index in [1.807, 2.05) is 30.3 Å². The summed E-state index contributed by atoms with van der Waals surface area (Å²) in [5, 5.41) is 5.50. The van der Waals surface area contributed by atoms with Crippen LogP contribution in [0.25, 0.3) is 0 Å². The third-order valence-corrected chi connectivity index (χ3v) is 2.92. The number of nitrogens with zero attached hydrogens (tertiary/aromatic N) is 1. The second-order valence-electron chi connectivity index (χ2n) is 4.68. The molecule has 0 aliphatic rings. The van der Waals surface area contributed by atoms with Crippen LogP contribution in [0.4, 0.5) is 5.69 Å². The van der Waals surface area contributed by atoms with E-state index >= 15 is 0 Å². The molecule has 120 valence electrons. The first-order valence-corrected chi connectivity index (χ1v) is 6.92. The van der Waals surface area contributed by atoms with E-state index in [1.165, 1.54) is 0 Å². The Hall–Kier alpha value is -2.66. The fourth-order valence-electron chi connectivity index (χ4n) is 1.89. The lowest BCUT2D eigenvalue weighted by Gasteiger charge is -2.04. The summed E-state index contributed by atoms with van der Waals surface area (Å²) in [6.45, 7) is 4.12. The minimum absolute atomic E-state index is 0. The first-order valence-electron chi connectivity index (χ1n) is 6.92. The molecule has 23 heavy (non-hydrogen) atoms.